The van der Waals surface area contributed by atoms with Crippen molar-refractivity contribution in [3.05, 3.63) is 352 Å². The largest absolute Gasteiger partial charge is 0.458 e. The van der Waals surface area contributed by atoms with Gasteiger partial charge in [-0.05, 0) is 144 Å². The van der Waals surface area contributed by atoms with Crippen LogP contribution in [0.1, 0.15) is 66.8 Å². The van der Waals surface area contributed by atoms with Crippen LogP contribution in [0.5, 0.6) is 34.5 Å². The Labute approximate surface area is 525 Å². The number of para-hydroxylation sites is 4. The van der Waals surface area contributed by atoms with Gasteiger partial charge in [0.25, 0.3) is 6.71 Å². The average Bonchev–Trinajstić information content (AvgIpc) is 0.692. The topological polar surface area (TPSA) is 34.2 Å². The normalized spacial score (nSPS) is 14.4. The van der Waals surface area contributed by atoms with Gasteiger partial charge in [0.2, 0.25) is 0 Å². The monoisotopic (exact) mass is 1150 g/mol. The second-order valence-corrected chi connectivity index (χ2v) is 24.9. The minimum Gasteiger partial charge on any atom is -0.458 e. The van der Waals surface area contributed by atoms with Crippen molar-refractivity contribution < 1.29 is 14.2 Å². The Morgan fingerprint density at radius 1 is 0.267 bits per heavy atom. The number of benzene rings is 13. The number of anilines is 6. The van der Waals surface area contributed by atoms with E-state index >= 15 is 0 Å². The van der Waals surface area contributed by atoms with Crippen LogP contribution in [0.25, 0.3) is 22.3 Å². The van der Waals surface area contributed by atoms with Crippen LogP contribution in [0.3, 0.4) is 0 Å². The van der Waals surface area contributed by atoms with Gasteiger partial charge in [-0.2, -0.15) is 0 Å². The highest BCUT2D eigenvalue weighted by Gasteiger charge is 2.54. The van der Waals surface area contributed by atoms with Gasteiger partial charge in [-0.25, -0.2) is 0 Å². The predicted molar refractivity (Wildman–Crippen MR) is 367 cm³/mol. The van der Waals surface area contributed by atoms with E-state index in [-0.39, 0.29) is 6.71 Å². The molecular formula is C84H59BN2O3. The van der Waals surface area contributed by atoms with Crippen LogP contribution < -0.4 is 40.4 Å². The molecule has 0 saturated heterocycles. The number of hydrogen-bond acceptors (Lipinski definition) is 5. The Balaban J connectivity index is 0.878. The van der Waals surface area contributed by atoms with E-state index < -0.39 is 10.8 Å². The number of hydrogen-bond donors (Lipinski definition) is 0. The molecule has 0 fully saturated rings. The molecule has 18 rings (SSSR count). The maximum absolute atomic E-state index is 7.73. The molecule has 0 unspecified atom stereocenters. The average molecular weight is 1160 g/mol. The summed E-state index contributed by atoms with van der Waals surface area (Å²) in [4.78, 5) is 4.95. The fraction of sp³-hybridized carbons (Fsp3) is 0.0714. The molecule has 426 valence electrons. The van der Waals surface area contributed by atoms with E-state index in [9.17, 15) is 0 Å². The molecule has 6 heteroatoms. The van der Waals surface area contributed by atoms with Crippen LogP contribution in [-0.4, -0.2) is 6.71 Å². The second kappa shape index (κ2) is 19.7. The van der Waals surface area contributed by atoms with Crippen LogP contribution in [0, 0.1) is 27.7 Å². The summed E-state index contributed by atoms with van der Waals surface area (Å²) in [6, 6.07) is 105. The van der Waals surface area contributed by atoms with Gasteiger partial charge in [0.15, 0.2) is 0 Å². The van der Waals surface area contributed by atoms with Crippen LogP contribution in [-0.2, 0) is 10.8 Å². The first kappa shape index (κ1) is 52.1. The number of nitrogens with zero attached hydrogens (tertiary/aromatic N) is 2. The Morgan fingerprint density at radius 2 is 0.578 bits per heavy atom. The van der Waals surface area contributed by atoms with Gasteiger partial charge in [-0.3, -0.25) is 0 Å². The maximum Gasteiger partial charge on any atom is 0.252 e. The first-order valence-electron chi connectivity index (χ1n) is 31.2. The third-order valence-corrected chi connectivity index (χ3v) is 19.7. The first-order valence-corrected chi connectivity index (χ1v) is 31.2. The van der Waals surface area contributed by atoms with Crippen molar-refractivity contribution >= 4 is 57.2 Å². The van der Waals surface area contributed by atoms with Gasteiger partial charge >= 0.3 is 0 Å². The lowest BCUT2D eigenvalue weighted by molar-refractivity contribution is 0.433. The van der Waals surface area contributed by atoms with E-state index in [2.05, 4.69) is 323 Å². The van der Waals surface area contributed by atoms with Crippen molar-refractivity contribution in [2.75, 3.05) is 9.80 Å². The zero-order valence-corrected chi connectivity index (χ0v) is 50.3. The summed E-state index contributed by atoms with van der Waals surface area (Å²) < 4.78 is 21.4. The molecule has 5 aliphatic heterocycles. The molecule has 13 aromatic rings. The molecule has 0 saturated carbocycles. The van der Waals surface area contributed by atoms with Gasteiger partial charge in [-0.15, -0.1) is 0 Å². The van der Waals surface area contributed by atoms with Gasteiger partial charge in [0.1, 0.15) is 34.5 Å². The van der Waals surface area contributed by atoms with Gasteiger partial charge in [-0.1, -0.05) is 240 Å². The fourth-order valence-corrected chi connectivity index (χ4v) is 16.0. The summed E-state index contributed by atoms with van der Waals surface area (Å²) >= 11 is 0. The lowest BCUT2D eigenvalue weighted by atomic mass is 9.34. The smallest absolute Gasteiger partial charge is 0.252 e. The van der Waals surface area contributed by atoms with E-state index in [1.54, 1.807) is 0 Å². The molecule has 0 aliphatic carbocycles. The van der Waals surface area contributed by atoms with Gasteiger partial charge in [0, 0.05) is 45.8 Å². The molecule has 0 atom stereocenters. The van der Waals surface area contributed by atoms with Crippen molar-refractivity contribution in [3.8, 4) is 56.8 Å². The third kappa shape index (κ3) is 7.39. The fourth-order valence-electron chi connectivity index (χ4n) is 16.0. The van der Waals surface area contributed by atoms with Gasteiger partial charge in [0.05, 0.1) is 33.6 Å². The molecule has 0 aromatic heterocycles. The summed E-state index contributed by atoms with van der Waals surface area (Å²) in [5.41, 5.74) is 27.1. The third-order valence-electron chi connectivity index (χ3n) is 19.7. The number of ether oxygens (including phenoxy) is 3. The van der Waals surface area contributed by atoms with Crippen molar-refractivity contribution in [2.45, 2.75) is 38.5 Å². The molecule has 0 amide bonds. The van der Waals surface area contributed by atoms with Crippen LogP contribution >= 0.6 is 0 Å². The van der Waals surface area contributed by atoms with Crippen molar-refractivity contribution in [2.24, 2.45) is 0 Å². The second-order valence-electron chi connectivity index (χ2n) is 24.9. The molecule has 0 bridgehead atoms. The van der Waals surface area contributed by atoms with Crippen LogP contribution in [0.15, 0.2) is 285 Å². The van der Waals surface area contributed by atoms with Crippen molar-refractivity contribution in [3.63, 3.8) is 0 Å². The highest BCUT2D eigenvalue weighted by Crippen LogP contribution is 2.65. The number of rotatable bonds is 5. The number of fused-ring (bicyclic) bond motifs is 18. The SMILES string of the molecule is Cc1ccc2c(c1)C1(c3ccccc3Oc3ccccc31)c1cc(C)ccc1N2c1ccc2c(c1)Oc1cc(N3c4ccc(C)cc4C4(c5ccccc5Oc5ccccc54)c4cc(C)ccc43)ccc1B2c1c(-c2ccccc2)cccc1-c1ccccc1. The molecule has 5 aliphatic rings. The lowest BCUT2D eigenvalue weighted by Gasteiger charge is -2.49. The Bertz CT molecular complexity index is 4630. The first-order chi connectivity index (χ1) is 44.2. The molecular weight excluding hydrogens is 1100 g/mol. The highest BCUT2D eigenvalue weighted by atomic mass is 16.5. The maximum atomic E-state index is 7.73. The molecule has 13 aromatic carbocycles. The molecule has 2 spiro atoms. The zero-order chi connectivity index (χ0) is 60.0. The van der Waals surface area contributed by atoms with E-state index in [4.69, 9.17) is 14.2 Å². The quantitative estimate of drug-likeness (QED) is 0.160. The van der Waals surface area contributed by atoms with Crippen LogP contribution in [0.2, 0.25) is 0 Å². The van der Waals surface area contributed by atoms with Crippen molar-refractivity contribution in [1.82, 2.24) is 0 Å². The Morgan fingerprint density at radius 3 is 0.922 bits per heavy atom. The van der Waals surface area contributed by atoms with E-state index in [1.165, 1.54) is 61.1 Å². The summed E-state index contributed by atoms with van der Waals surface area (Å²) in [5.74, 6) is 5.05. The number of aryl methyl sites for hydroxylation is 4. The van der Waals surface area contributed by atoms with E-state index in [1.807, 2.05) is 0 Å². The Kier molecular flexibility index (Phi) is 11.4. The summed E-state index contributed by atoms with van der Waals surface area (Å²) in [6.45, 7) is 8.58. The summed E-state index contributed by atoms with van der Waals surface area (Å²) in [5, 5.41) is 0. The Hall–Kier alpha value is -11.1. The molecule has 90 heavy (non-hydrogen) atoms. The molecule has 0 radical (unpaired) electrons. The van der Waals surface area contributed by atoms with Crippen molar-refractivity contribution in [1.29, 1.82) is 0 Å². The predicted octanol–water partition coefficient (Wildman–Crippen LogP) is 19.4. The van der Waals surface area contributed by atoms with E-state index in [0.29, 0.717) is 0 Å². The standard InChI is InChI=1S/C84H59BN2O3/c1-52-34-42-72-66(46-52)83(62-26-11-15-30-76(62)88-77-31-16-12-27-63(77)83)67-47-53(2)35-43-73(67)86(72)58-38-40-70-80(50-58)90-81-51-59(39-41-71(81)85(70)82-60(56-20-7-5-8-21-56)24-19-25-61(82)57-22-9-6-10-23-57)87-74-44-36-54(3)48-68(74)84(69-49-55(4)37-45-75(69)87)64-28-13-17-32-78(64)89-79-33-18-14-29-65(79)84/h5-51H,1-4H3. The van der Waals surface area contributed by atoms with Gasteiger partial charge < -0.3 is 24.0 Å². The molecule has 0 N–H and O–H groups in total. The minimum atomic E-state index is -0.689. The zero-order valence-electron chi connectivity index (χ0n) is 50.3. The van der Waals surface area contributed by atoms with E-state index in [0.717, 1.165) is 113 Å². The molecule has 5 nitrogen and oxygen atoms in total. The lowest BCUT2D eigenvalue weighted by Crippen LogP contribution is -2.56. The summed E-state index contributed by atoms with van der Waals surface area (Å²) in [7, 11) is 0. The minimum absolute atomic E-state index is 0.257. The summed E-state index contributed by atoms with van der Waals surface area (Å²) in [6.07, 6.45) is 0. The van der Waals surface area contributed by atoms with Crippen LogP contribution in [0.4, 0.5) is 34.1 Å². The molecule has 5 heterocycles. The highest BCUT2D eigenvalue weighted by molar-refractivity contribution is 6.98.